The second kappa shape index (κ2) is 3.15. The highest BCUT2D eigenvalue weighted by atomic mass is 32.1. The molecule has 0 aliphatic rings. The molecular weight excluding hydrogens is 162 g/mol. The molecule has 0 bridgehead atoms. The van der Waals surface area contributed by atoms with Crippen LogP contribution in [0.1, 0.15) is 12.7 Å². The molecule has 0 spiro atoms. The Balaban J connectivity index is 2.87. The molecule has 0 aliphatic heterocycles. The van der Waals surface area contributed by atoms with E-state index in [4.69, 9.17) is 17.3 Å². The summed E-state index contributed by atoms with van der Waals surface area (Å²) in [5, 5.41) is 15.6. The normalized spacial score (nSPS) is 13.4. The Morgan fingerprint density at radius 2 is 2.45 bits per heavy atom. The summed E-state index contributed by atoms with van der Waals surface area (Å²) in [7, 11) is 1.82. The lowest BCUT2D eigenvalue weighted by atomic mass is 10.3. The van der Waals surface area contributed by atoms with Gasteiger partial charge >= 0.3 is 0 Å². The van der Waals surface area contributed by atoms with Gasteiger partial charge in [0.25, 0.3) is 0 Å². The molecule has 2 N–H and O–H groups in total. The van der Waals surface area contributed by atoms with Crippen LogP contribution >= 0.6 is 12.2 Å². The van der Waals surface area contributed by atoms with Crippen LogP contribution in [0.5, 0.6) is 0 Å². The van der Waals surface area contributed by atoms with Gasteiger partial charge in [-0.25, -0.2) is 0 Å². The number of nitrogens with zero attached hydrogens (tertiary/aromatic N) is 2. The first-order valence-corrected chi connectivity index (χ1v) is 3.80. The quantitative estimate of drug-likeness (QED) is 0.636. The second-order valence-corrected chi connectivity index (χ2v) is 2.94. The van der Waals surface area contributed by atoms with Crippen LogP contribution in [0.3, 0.4) is 0 Å². The van der Waals surface area contributed by atoms with Gasteiger partial charge < -0.3 is 9.67 Å². The zero-order chi connectivity index (χ0) is 8.43. The van der Waals surface area contributed by atoms with Crippen molar-refractivity contribution < 1.29 is 5.11 Å². The fraction of sp³-hybridized carbons (Fsp3) is 0.667. The summed E-state index contributed by atoms with van der Waals surface area (Å²) in [6.07, 6.45) is 0.155. The molecule has 0 radical (unpaired) electrons. The van der Waals surface area contributed by atoms with Gasteiger partial charge in [-0.2, -0.15) is 5.10 Å². The Morgan fingerprint density at radius 3 is 2.82 bits per heavy atom. The lowest BCUT2D eigenvalue weighted by Crippen LogP contribution is -2.09. The summed E-state index contributed by atoms with van der Waals surface area (Å²) in [6.45, 7) is 1.72. The minimum atomic E-state index is -0.376. The Hall–Kier alpha value is -0.680. The van der Waals surface area contributed by atoms with Crippen LogP contribution in [-0.2, 0) is 13.5 Å². The lowest BCUT2D eigenvalue weighted by Gasteiger charge is -2.01. The van der Waals surface area contributed by atoms with Gasteiger partial charge in [0.05, 0.1) is 6.10 Å². The summed E-state index contributed by atoms with van der Waals surface area (Å²) in [4.78, 5) is 0. The molecule has 0 fully saturated rings. The monoisotopic (exact) mass is 173 g/mol. The van der Waals surface area contributed by atoms with Crippen molar-refractivity contribution in [3.63, 3.8) is 0 Å². The Bertz CT molecular complexity index is 288. The molecular formula is C6H11N3OS. The van der Waals surface area contributed by atoms with Crippen molar-refractivity contribution in [1.29, 1.82) is 0 Å². The molecule has 0 aliphatic carbocycles. The number of hydrogen-bond donors (Lipinski definition) is 2. The van der Waals surface area contributed by atoms with Crippen LogP contribution in [-0.4, -0.2) is 26.0 Å². The molecule has 1 rings (SSSR count). The highest BCUT2D eigenvalue weighted by Gasteiger charge is 2.04. The molecule has 1 aromatic rings. The fourth-order valence-electron chi connectivity index (χ4n) is 0.826. The van der Waals surface area contributed by atoms with Gasteiger partial charge in [0.15, 0.2) is 4.77 Å². The summed E-state index contributed by atoms with van der Waals surface area (Å²) in [5.74, 6) is 0.782. The number of aliphatic hydroxyl groups is 1. The molecule has 0 unspecified atom stereocenters. The van der Waals surface area contributed by atoms with Crippen molar-refractivity contribution in [3.8, 4) is 0 Å². The smallest absolute Gasteiger partial charge is 0.194 e. The van der Waals surface area contributed by atoms with E-state index in [2.05, 4.69) is 10.2 Å². The summed E-state index contributed by atoms with van der Waals surface area (Å²) >= 11 is 4.89. The molecule has 0 saturated heterocycles. The summed E-state index contributed by atoms with van der Waals surface area (Å²) < 4.78 is 2.34. The van der Waals surface area contributed by atoms with E-state index in [9.17, 15) is 0 Å². The number of aromatic nitrogens is 3. The third-order valence-electron chi connectivity index (χ3n) is 1.45. The average molecular weight is 173 g/mol. The number of hydrogen-bond acceptors (Lipinski definition) is 3. The topological polar surface area (TPSA) is 53.8 Å². The van der Waals surface area contributed by atoms with Gasteiger partial charge in [0.1, 0.15) is 5.82 Å². The lowest BCUT2D eigenvalue weighted by molar-refractivity contribution is 0.191. The van der Waals surface area contributed by atoms with E-state index in [0.717, 1.165) is 5.82 Å². The van der Waals surface area contributed by atoms with Crippen LogP contribution in [0.15, 0.2) is 0 Å². The van der Waals surface area contributed by atoms with Crippen molar-refractivity contribution in [2.75, 3.05) is 0 Å². The standard InChI is InChI=1S/C6H11N3OS/c1-4(10)3-5-7-8-6(11)9(5)2/h4,10H,3H2,1-2H3,(H,8,11)/t4-/m1/s1. The van der Waals surface area contributed by atoms with Gasteiger partial charge in [0.2, 0.25) is 0 Å². The minimum Gasteiger partial charge on any atom is -0.393 e. The summed E-state index contributed by atoms with van der Waals surface area (Å²) in [6, 6.07) is 0. The van der Waals surface area contributed by atoms with E-state index in [0.29, 0.717) is 11.2 Å². The van der Waals surface area contributed by atoms with Gasteiger partial charge in [-0.15, -0.1) is 0 Å². The molecule has 0 amide bonds. The molecule has 1 heterocycles. The van der Waals surface area contributed by atoms with Gasteiger partial charge in [-0.3, -0.25) is 5.10 Å². The van der Waals surface area contributed by atoms with Gasteiger partial charge in [-0.05, 0) is 19.1 Å². The summed E-state index contributed by atoms with van der Waals surface area (Å²) in [5.41, 5.74) is 0. The molecule has 4 nitrogen and oxygen atoms in total. The van der Waals surface area contributed by atoms with Crippen LogP contribution in [0.4, 0.5) is 0 Å². The van der Waals surface area contributed by atoms with Crippen LogP contribution in [0, 0.1) is 4.77 Å². The predicted molar refractivity (Wildman–Crippen MR) is 43.8 cm³/mol. The van der Waals surface area contributed by atoms with Crippen molar-refractivity contribution >= 4 is 12.2 Å². The third kappa shape index (κ3) is 1.87. The second-order valence-electron chi connectivity index (χ2n) is 2.56. The zero-order valence-corrected chi connectivity index (χ0v) is 7.35. The first kappa shape index (κ1) is 8.42. The third-order valence-corrected chi connectivity index (χ3v) is 1.82. The molecule has 5 heteroatoms. The number of H-pyrrole nitrogens is 1. The van der Waals surface area contributed by atoms with Gasteiger partial charge in [0, 0.05) is 13.5 Å². The largest absolute Gasteiger partial charge is 0.393 e. The van der Waals surface area contributed by atoms with Crippen molar-refractivity contribution in [3.05, 3.63) is 10.6 Å². The maximum atomic E-state index is 9.04. The highest BCUT2D eigenvalue weighted by Crippen LogP contribution is 1.98. The number of rotatable bonds is 2. The molecule has 0 saturated carbocycles. The van der Waals surface area contributed by atoms with E-state index in [1.165, 1.54) is 0 Å². The molecule has 62 valence electrons. The number of aromatic amines is 1. The van der Waals surface area contributed by atoms with E-state index < -0.39 is 0 Å². The van der Waals surface area contributed by atoms with E-state index in [1.807, 2.05) is 7.05 Å². The van der Waals surface area contributed by atoms with E-state index >= 15 is 0 Å². The average Bonchev–Trinajstić information content (AvgIpc) is 2.18. The molecule has 11 heavy (non-hydrogen) atoms. The Morgan fingerprint density at radius 1 is 1.82 bits per heavy atom. The van der Waals surface area contributed by atoms with Crippen LogP contribution < -0.4 is 0 Å². The zero-order valence-electron chi connectivity index (χ0n) is 6.53. The molecule has 1 atom stereocenters. The van der Waals surface area contributed by atoms with Crippen molar-refractivity contribution in [2.24, 2.45) is 7.05 Å². The predicted octanol–water partition coefficient (Wildman–Crippen LogP) is 0.401. The highest BCUT2D eigenvalue weighted by molar-refractivity contribution is 7.71. The van der Waals surface area contributed by atoms with Crippen molar-refractivity contribution in [2.45, 2.75) is 19.4 Å². The fourth-order valence-corrected chi connectivity index (χ4v) is 0.977. The molecule has 1 aromatic heterocycles. The maximum absolute atomic E-state index is 9.04. The minimum absolute atomic E-state index is 0.376. The van der Waals surface area contributed by atoms with Crippen LogP contribution in [0.2, 0.25) is 0 Å². The maximum Gasteiger partial charge on any atom is 0.194 e. The first-order valence-electron chi connectivity index (χ1n) is 3.39. The number of nitrogens with one attached hydrogen (secondary N) is 1. The Kier molecular flexibility index (Phi) is 2.41. The number of aliphatic hydroxyl groups excluding tert-OH is 1. The van der Waals surface area contributed by atoms with Crippen LogP contribution in [0.25, 0.3) is 0 Å². The molecule has 0 aromatic carbocycles. The van der Waals surface area contributed by atoms with E-state index in [1.54, 1.807) is 11.5 Å². The van der Waals surface area contributed by atoms with Crippen molar-refractivity contribution in [1.82, 2.24) is 14.8 Å². The first-order chi connectivity index (χ1) is 5.11. The van der Waals surface area contributed by atoms with E-state index in [-0.39, 0.29) is 6.10 Å². The SMILES string of the molecule is C[C@@H](O)Cc1n[nH]c(=S)n1C. The van der Waals surface area contributed by atoms with Gasteiger partial charge in [-0.1, -0.05) is 0 Å². The Labute approximate surface area is 69.9 Å².